The van der Waals surface area contributed by atoms with Crippen LogP contribution in [0.15, 0.2) is 30.3 Å². The third-order valence-corrected chi connectivity index (χ3v) is 3.48. The highest BCUT2D eigenvalue weighted by molar-refractivity contribution is 6.07. The molecule has 0 amide bonds. The van der Waals surface area contributed by atoms with Crippen LogP contribution in [0.5, 0.6) is 5.75 Å². The van der Waals surface area contributed by atoms with E-state index in [0.717, 1.165) is 23.5 Å². The van der Waals surface area contributed by atoms with E-state index >= 15 is 0 Å². The number of ketones is 1. The molecule has 2 rings (SSSR count). The number of carbonyl (C=O) groups excluding carboxylic acids is 1. The molecule has 0 unspecified atom stereocenters. The van der Waals surface area contributed by atoms with Crippen molar-refractivity contribution in [1.82, 2.24) is 9.78 Å². The quantitative estimate of drug-likeness (QED) is 0.596. The highest BCUT2D eigenvalue weighted by Gasteiger charge is 2.10. The van der Waals surface area contributed by atoms with Crippen molar-refractivity contribution in [1.29, 1.82) is 0 Å². The van der Waals surface area contributed by atoms with E-state index in [-0.39, 0.29) is 17.1 Å². The highest BCUT2D eigenvalue weighted by Crippen LogP contribution is 2.18. The number of halogens is 2. The Kier molecular flexibility index (Phi) is 5.26. The van der Waals surface area contributed by atoms with E-state index in [9.17, 15) is 13.6 Å². The number of rotatable bonds is 6. The second-order valence-corrected chi connectivity index (χ2v) is 5.00. The lowest BCUT2D eigenvalue weighted by Crippen LogP contribution is -2.03. The van der Waals surface area contributed by atoms with E-state index in [0.29, 0.717) is 0 Å². The largest absolute Gasteiger partial charge is 0.435 e. The van der Waals surface area contributed by atoms with Crippen LogP contribution in [0, 0.1) is 13.8 Å². The summed E-state index contributed by atoms with van der Waals surface area (Å²) in [6, 6.07) is 5.74. The molecule has 0 fully saturated rings. The predicted molar refractivity (Wildman–Crippen MR) is 83.8 cm³/mol. The summed E-state index contributed by atoms with van der Waals surface area (Å²) in [4.78, 5) is 12.2. The normalized spacial score (nSPS) is 11.4. The van der Waals surface area contributed by atoms with E-state index in [2.05, 4.69) is 9.84 Å². The van der Waals surface area contributed by atoms with Gasteiger partial charge in [-0.1, -0.05) is 12.1 Å². The Labute approximate surface area is 133 Å². The zero-order chi connectivity index (χ0) is 17.0. The summed E-state index contributed by atoms with van der Waals surface area (Å²) in [7, 11) is 0. The molecule has 1 aromatic carbocycles. The molecule has 0 bridgehead atoms. The van der Waals surface area contributed by atoms with E-state index < -0.39 is 6.61 Å². The minimum atomic E-state index is -2.92. The molecular formula is C17H18F2N2O2. The summed E-state index contributed by atoms with van der Waals surface area (Å²) in [6.45, 7) is 3.64. The first kappa shape index (κ1) is 16.9. The van der Waals surface area contributed by atoms with Crippen LogP contribution < -0.4 is 4.74 Å². The fourth-order valence-corrected chi connectivity index (χ4v) is 2.34. The Morgan fingerprint density at radius 1 is 1.39 bits per heavy atom. The molecule has 0 aliphatic heterocycles. The number of hydrogen-bond donors (Lipinski definition) is 0. The van der Waals surface area contributed by atoms with Crippen molar-refractivity contribution in [3.05, 3.63) is 52.9 Å². The zero-order valence-electron chi connectivity index (χ0n) is 13.2. The average Bonchev–Trinajstić information content (AvgIpc) is 2.78. The van der Waals surface area contributed by atoms with E-state index in [1.807, 2.05) is 25.5 Å². The van der Waals surface area contributed by atoms with Gasteiger partial charge in [0.15, 0.2) is 5.78 Å². The molecule has 0 spiro atoms. The van der Waals surface area contributed by atoms with Gasteiger partial charge in [-0.15, -0.1) is 0 Å². The first-order valence-electron chi connectivity index (χ1n) is 7.23. The van der Waals surface area contributed by atoms with Gasteiger partial charge < -0.3 is 4.74 Å². The Morgan fingerprint density at radius 3 is 2.74 bits per heavy atom. The average molecular weight is 320 g/mol. The fraction of sp³-hybridized carbons (Fsp3) is 0.294. The van der Waals surface area contributed by atoms with E-state index in [1.54, 1.807) is 12.1 Å². The summed E-state index contributed by atoms with van der Waals surface area (Å²) in [5, 5.41) is 4.38. The van der Waals surface area contributed by atoms with Crippen LogP contribution in [-0.4, -0.2) is 22.2 Å². The molecule has 6 heteroatoms. The molecule has 0 N–H and O–H groups in total. The topological polar surface area (TPSA) is 44.1 Å². The Hall–Kier alpha value is -2.50. The zero-order valence-corrected chi connectivity index (χ0v) is 13.2. The molecular weight excluding hydrogens is 302 g/mol. The standard InChI is InChI=1S/C17H18F2N2O2/c1-4-21-12(3)15(11(2)20-21)8-9-16(22)13-6-5-7-14(10-13)23-17(18)19/h5-10,17H,4H2,1-3H3/b9-8+. The lowest BCUT2D eigenvalue weighted by Gasteiger charge is -2.05. The van der Waals surface area contributed by atoms with Crippen LogP contribution in [0.2, 0.25) is 0 Å². The van der Waals surface area contributed by atoms with Gasteiger partial charge in [0, 0.05) is 23.4 Å². The van der Waals surface area contributed by atoms with Gasteiger partial charge in [0.2, 0.25) is 0 Å². The molecule has 0 atom stereocenters. The molecule has 122 valence electrons. The first-order chi connectivity index (χ1) is 10.9. The summed E-state index contributed by atoms with van der Waals surface area (Å²) in [5.41, 5.74) is 2.99. The molecule has 4 nitrogen and oxygen atoms in total. The smallest absolute Gasteiger partial charge is 0.387 e. The molecule has 23 heavy (non-hydrogen) atoms. The number of carbonyl (C=O) groups is 1. The monoisotopic (exact) mass is 320 g/mol. The molecule has 0 radical (unpaired) electrons. The van der Waals surface area contributed by atoms with Crippen molar-refractivity contribution in [2.45, 2.75) is 33.9 Å². The van der Waals surface area contributed by atoms with Crippen molar-refractivity contribution < 1.29 is 18.3 Å². The van der Waals surface area contributed by atoms with Crippen LogP contribution in [0.3, 0.4) is 0 Å². The highest BCUT2D eigenvalue weighted by atomic mass is 19.3. The van der Waals surface area contributed by atoms with Gasteiger partial charge in [0.05, 0.1) is 5.69 Å². The molecule has 1 heterocycles. The number of nitrogens with zero attached hydrogens (tertiary/aromatic N) is 2. The molecule has 0 aliphatic carbocycles. The SMILES string of the molecule is CCn1nc(C)c(/C=C/C(=O)c2cccc(OC(F)F)c2)c1C. The maximum atomic E-state index is 12.2. The summed E-state index contributed by atoms with van der Waals surface area (Å²) in [5.74, 6) is -0.321. The third kappa shape index (κ3) is 4.03. The summed E-state index contributed by atoms with van der Waals surface area (Å²) < 4.78 is 30.6. The van der Waals surface area contributed by atoms with Crippen molar-refractivity contribution in [2.24, 2.45) is 0 Å². The van der Waals surface area contributed by atoms with Crippen LogP contribution >= 0.6 is 0 Å². The van der Waals surface area contributed by atoms with Crippen LogP contribution in [0.4, 0.5) is 8.78 Å². The Bertz CT molecular complexity index is 736. The van der Waals surface area contributed by atoms with Crippen molar-refractivity contribution >= 4 is 11.9 Å². The van der Waals surface area contributed by atoms with Gasteiger partial charge in [-0.25, -0.2) is 0 Å². The second-order valence-electron chi connectivity index (χ2n) is 5.00. The first-order valence-corrected chi connectivity index (χ1v) is 7.23. The van der Waals surface area contributed by atoms with Crippen LogP contribution in [0.25, 0.3) is 6.08 Å². The molecule has 0 saturated heterocycles. The second kappa shape index (κ2) is 7.17. The Balaban J connectivity index is 2.20. The molecule has 1 aromatic heterocycles. The number of benzene rings is 1. The van der Waals surface area contributed by atoms with Gasteiger partial charge >= 0.3 is 6.61 Å². The lowest BCUT2D eigenvalue weighted by atomic mass is 10.1. The number of aromatic nitrogens is 2. The predicted octanol–water partition coefficient (Wildman–Crippen LogP) is 4.02. The van der Waals surface area contributed by atoms with Crippen LogP contribution in [0.1, 0.15) is 34.2 Å². The van der Waals surface area contributed by atoms with Gasteiger partial charge in [0.25, 0.3) is 0 Å². The van der Waals surface area contributed by atoms with Gasteiger partial charge in [0.1, 0.15) is 5.75 Å². The summed E-state index contributed by atoms with van der Waals surface area (Å²) >= 11 is 0. The number of allylic oxidation sites excluding steroid dienone is 1. The summed E-state index contributed by atoms with van der Waals surface area (Å²) in [6.07, 6.45) is 3.12. The maximum absolute atomic E-state index is 12.2. The minimum Gasteiger partial charge on any atom is -0.435 e. The van der Waals surface area contributed by atoms with Gasteiger partial charge in [-0.2, -0.15) is 13.9 Å². The van der Waals surface area contributed by atoms with Crippen molar-refractivity contribution in [2.75, 3.05) is 0 Å². The third-order valence-electron chi connectivity index (χ3n) is 3.48. The molecule has 0 aliphatic rings. The van der Waals surface area contributed by atoms with Crippen molar-refractivity contribution in [3.63, 3.8) is 0 Å². The fourth-order valence-electron chi connectivity index (χ4n) is 2.34. The van der Waals surface area contributed by atoms with Crippen LogP contribution in [-0.2, 0) is 6.54 Å². The minimum absolute atomic E-state index is 0.0367. The van der Waals surface area contributed by atoms with E-state index in [4.69, 9.17) is 0 Å². The van der Waals surface area contributed by atoms with Gasteiger partial charge in [-0.05, 0) is 45.1 Å². The number of hydrogen-bond acceptors (Lipinski definition) is 3. The Morgan fingerprint density at radius 2 is 2.13 bits per heavy atom. The van der Waals surface area contributed by atoms with Gasteiger partial charge in [-0.3, -0.25) is 9.48 Å². The number of alkyl halides is 2. The lowest BCUT2D eigenvalue weighted by molar-refractivity contribution is -0.0498. The van der Waals surface area contributed by atoms with E-state index in [1.165, 1.54) is 24.3 Å². The molecule has 0 saturated carbocycles. The number of ether oxygens (including phenoxy) is 1. The molecule has 2 aromatic rings. The van der Waals surface area contributed by atoms with Crippen molar-refractivity contribution in [3.8, 4) is 5.75 Å². The number of aryl methyl sites for hydroxylation is 2. The maximum Gasteiger partial charge on any atom is 0.387 e.